The van der Waals surface area contributed by atoms with Crippen LogP contribution in [-0.4, -0.2) is 42.0 Å². The number of nitrogens with two attached hydrogens (primary N) is 1. The van der Waals surface area contributed by atoms with Crippen LogP contribution in [0.1, 0.15) is 12.8 Å². The summed E-state index contributed by atoms with van der Waals surface area (Å²) in [7, 11) is 0. The average molecular weight is 246 g/mol. The summed E-state index contributed by atoms with van der Waals surface area (Å²) in [5.41, 5.74) is 5.19. The summed E-state index contributed by atoms with van der Waals surface area (Å²) >= 11 is 0. The first kappa shape index (κ1) is 13.1. The maximum absolute atomic E-state index is 12.7. The molecule has 1 aliphatic heterocycles. The molecular formula is C8H11F5N2O. The smallest absolute Gasteiger partial charge is 0.333 e. The van der Waals surface area contributed by atoms with Crippen LogP contribution in [0.4, 0.5) is 22.0 Å². The van der Waals surface area contributed by atoms with Gasteiger partial charge in [0.05, 0.1) is 0 Å². The molecule has 1 heterocycles. The molecule has 8 heteroatoms. The summed E-state index contributed by atoms with van der Waals surface area (Å²) in [4.78, 5) is 11.6. The van der Waals surface area contributed by atoms with Gasteiger partial charge in [-0.3, -0.25) is 4.79 Å². The van der Waals surface area contributed by atoms with Crippen LogP contribution in [0.25, 0.3) is 0 Å². The summed E-state index contributed by atoms with van der Waals surface area (Å²) in [6, 6.07) is -0.722. The fourth-order valence-corrected chi connectivity index (χ4v) is 1.65. The second-order valence-electron chi connectivity index (χ2n) is 3.60. The third kappa shape index (κ3) is 2.11. The first-order valence-corrected chi connectivity index (χ1v) is 4.67. The molecule has 0 aromatic rings. The highest BCUT2D eigenvalue weighted by Crippen LogP contribution is 2.38. The van der Waals surface area contributed by atoms with Gasteiger partial charge in [-0.2, -0.15) is 22.0 Å². The number of hydrogen-bond donors (Lipinski definition) is 1. The van der Waals surface area contributed by atoms with Crippen molar-refractivity contribution in [1.82, 2.24) is 4.90 Å². The molecule has 1 atom stereocenters. The van der Waals surface area contributed by atoms with Crippen LogP contribution < -0.4 is 5.73 Å². The minimum Gasteiger partial charge on any atom is -0.333 e. The van der Waals surface area contributed by atoms with Crippen LogP contribution in [0.5, 0.6) is 0 Å². The van der Waals surface area contributed by atoms with Gasteiger partial charge in [-0.1, -0.05) is 0 Å². The Labute approximate surface area is 88.4 Å². The molecule has 0 aliphatic carbocycles. The fourth-order valence-electron chi connectivity index (χ4n) is 1.65. The van der Waals surface area contributed by atoms with E-state index in [0.717, 1.165) is 0 Å². The minimum absolute atomic E-state index is 0.105. The zero-order chi connectivity index (χ0) is 12.6. The lowest BCUT2D eigenvalue weighted by Gasteiger charge is -2.28. The number of likely N-dealkylation sites (tertiary alicyclic amines) is 1. The average Bonchev–Trinajstić information content (AvgIpc) is 2.62. The molecule has 94 valence electrons. The Morgan fingerprint density at radius 3 is 2.31 bits per heavy atom. The van der Waals surface area contributed by atoms with Gasteiger partial charge in [0, 0.05) is 19.1 Å². The second kappa shape index (κ2) is 4.15. The molecule has 0 aromatic heterocycles. The van der Waals surface area contributed by atoms with E-state index in [-0.39, 0.29) is 13.1 Å². The van der Waals surface area contributed by atoms with Crippen molar-refractivity contribution >= 4 is 5.91 Å². The third-order valence-corrected chi connectivity index (χ3v) is 2.53. The Kier molecular flexibility index (Phi) is 3.41. The Morgan fingerprint density at radius 1 is 1.31 bits per heavy atom. The van der Waals surface area contributed by atoms with E-state index >= 15 is 0 Å². The standard InChI is InChI=1S/C8H11F5N2O/c9-7(10,8(11,12)13)6(16)15-3-1-2-5(15)4-14/h5H,1-4,14H2. The maximum atomic E-state index is 12.7. The molecule has 0 radical (unpaired) electrons. The largest absolute Gasteiger partial charge is 0.463 e. The summed E-state index contributed by atoms with van der Waals surface area (Å²) in [6.45, 7) is -0.216. The van der Waals surface area contributed by atoms with Gasteiger partial charge >= 0.3 is 18.0 Å². The molecule has 0 bridgehead atoms. The Hall–Kier alpha value is -0.920. The highest BCUT2D eigenvalue weighted by molar-refractivity contribution is 5.85. The van der Waals surface area contributed by atoms with Crippen LogP contribution >= 0.6 is 0 Å². The lowest BCUT2D eigenvalue weighted by Crippen LogP contribution is -2.54. The SMILES string of the molecule is NCC1CCCN1C(=O)C(F)(F)C(F)(F)F. The van der Waals surface area contributed by atoms with Gasteiger partial charge in [0.25, 0.3) is 0 Å². The quantitative estimate of drug-likeness (QED) is 0.742. The van der Waals surface area contributed by atoms with Crippen molar-refractivity contribution in [1.29, 1.82) is 0 Å². The molecule has 0 spiro atoms. The second-order valence-corrected chi connectivity index (χ2v) is 3.60. The van der Waals surface area contributed by atoms with Gasteiger partial charge in [0.1, 0.15) is 0 Å². The lowest BCUT2D eigenvalue weighted by atomic mass is 10.2. The predicted octanol–water partition coefficient (Wildman–Crippen LogP) is 1.13. The Bertz CT molecular complexity index is 278. The normalized spacial score (nSPS) is 22.6. The van der Waals surface area contributed by atoms with Crippen molar-refractivity contribution in [2.45, 2.75) is 31.0 Å². The minimum atomic E-state index is -5.86. The Morgan fingerprint density at radius 2 is 1.88 bits per heavy atom. The van der Waals surface area contributed by atoms with E-state index in [1.807, 2.05) is 0 Å². The lowest BCUT2D eigenvalue weighted by molar-refractivity contribution is -0.274. The summed E-state index contributed by atoms with van der Waals surface area (Å²) in [6.07, 6.45) is -5.11. The summed E-state index contributed by atoms with van der Waals surface area (Å²) in [5.74, 6) is -7.53. The zero-order valence-electron chi connectivity index (χ0n) is 8.23. The fraction of sp³-hybridized carbons (Fsp3) is 0.875. The summed E-state index contributed by atoms with van der Waals surface area (Å²) < 4.78 is 61.3. The van der Waals surface area contributed by atoms with Crippen molar-refractivity contribution < 1.29 is 26.7 Å². The first-order valence-electron chi connectivity index (χ1n) is 4.67. The van der Waals surface area contributed by atoms with Crippen LogP contribution in [0.2, 0.25) is 0 Å². The van der Waals surface area contributed by atoms with E-state index < -0.39 is 24.0 Å². The highest BCUT2D eigenvalue weighted by Gasteiger charge is 2.65. The molecule has 0 aromatic carbocycles. The van der Waals surface area contributed by atoms with Crippen molar-refractivity contribution in [2.75, 3.05) is 13.1 Å². The number of nitrogens with zero attached hydrogens (tertiary/aromatic N) is 1. The van der Waals surface area contributed by atoms with Gasteiger partial charge < -0.3 is 10.6 Å². The van der Waals surface area contributed by atoms with Gasteiger partial charge in [0.2, 0.25) is 0 Å². The molecule has 1 amide bonds. The highest BCUT2D eigenvalue weighted by atomic mass is 19.4. The molecule has 1 saturated heterocycles. The molecule has 1 aliphatic rings. The van der Waals surface area contributed by atoms with E-state index in [4.69, 9.17) is 5.73 Å². The van der Waals surface area contributed by atoms with Crippen molar-refractivity contribution in [2.24, 2.45) is 5.73 Å². The monoisotopic (exact) mass is 246 g/mol. The molecule has 2 N–H and O–H groups in total. The van der Waals surface area contributed by atoms with Crippen molar-refractivity contribution in [3.05, 3.63) is 0 Å². The number of rotatable bonds is 2. The topological polar surface area (TPSA) is 46.3 Å². The van der Waals surface area contributed by atoms with Crippen LogP contribution in [0.15, 0.2) is 0 Å². The third-order valence-electron chi connectivity index (χ3n) is 2.53. The number of carbonyl (C=O) groups excluding carboxylic acids is 1. The van der Waals surface area contributed by atoms with Crippen LogP contribution in [-0.2, 0) is 4.79 Å². The van der Waals surface area contributed by atoms with E-state index in [0.29, 0.717) is 17.7 Å². The molecule has 16 heavy (non-hydrogen) atoms. The number of hydrogen-bond acceptors (Lipinski definition) is 2. The predicted molar refractivity (Wildman–Crippen MR) is 44.8 cm³/mol. The van der Waals surface area contributed by atoms with E-state index in [9.17, 15) is 26.7 Å². The molecule has 1 unspecified atom stereocenters. The molecular weight excluding hydrogens is 235 g/mol. The molecule has 1 rings (SSSR count). The molecule has 1 fully saturated rings. The van der Waals surface area contributed by atoms with Crippen molar-refractivity contribution in [3.63, 3.8) is 0 Å². The Balaban J connectivity index is 2.85. The van der Waals surface area contributed by atoms with Gasteiger partial charge in [-0.15, -0.1) is 0 Å². The number of amides is 1. The molecule has 0 saturated carbocycles. The zero-order valence-corrected chi connectivity index (χ0v) is 8.23. The number of carbonyl (C=O) groups is 1. The van der Waals surface area contributed by atoms with Crippen molar-refractivity contribution in [3.8, 4) is 0 Å². The van der Waals surface area contributed by atoms with E-state index in [2.05, 4.69) is 0 Å². The number of halogens is 5. The molecule has 3 nitrogen and oxygen atoms in total. The first-order chi connectivity index (χ1) is 7.21. The van der Waals surface area contributed by atoms with Crippen LogP contribution in [0, 0.1) is 0 Å². The maximum Gasteiger partial charge on any atom is 0.463 e. The van der Waals surface area contributed by atoms with Gasteiger partial charge in [-0.05, 0) is 12.8 Å². The van der Waals surface area contributed by atoms with E-state index in [1.165, 1.54) is 0 Å². The van der Waals surface area contributed by atoms with Crippen LogP contribution in [0.3, 0.4) is 0 Å². The van der Waals surface area contributed by atoms with Gasteiger partial charge in [0.15, 0.2) is 0 Å². The van der Waals surface area contributed by atoms with E-state index in [1.54, 1.807) is 0 Å². The summed E-state index contributed by atoms with van der Waals surface area (Å²) in [5, 5.41) is 0. The number of alkyl halides is 5. The van der Waals surface area contributed by atoms with Gasteiger partial charge in [-0.25, -0.2) is 0 Å².